The summed E-state index contributed by atoms with van der Waals surface area (Å²) >= 11 is 0. The second kappa shape index (κ2) is 4.59. The highest BCUT2D eigenvalue weighted by Crippen LogP contribution is 2.37. The number of piperidine rings is 2. The van der Waals surface area contributed by atoms with Crippen molar-refractivity contribution in [3.63, 3.8) is 0 Å². The number of rotatable bonds is 1. The van der Waals surface area contributed by atoms with Gasteiger partial charge in [-0.2, -0.15) is 5.26 Å². The summed E-state index contributed by atoms with van der Waals surface area (Å²) in [6.45, 7) is 4.72. The molecule has 0 N–H and O–H groups in total. The molecule has 2 unspecified atom stereocenters. The topological polar surface area (TPSA) is 30.3 Å². The lowest BCUT2D eigenvalue weighted by Crippen LogP contribution is -2.57. The molecule has 0 amide bonds. The van der Waals surface area contributed by atoms with Crippen molar-refractivity contribution < 1.29 is 0 Å². The van der Waals surface area contributed by atoms with E-state index in [4.69, 9.17) is 0 Å². The normalized spacial score (nSPS) is 39.8. The van der Waals surface area contributed by atoms with Crippen LogP contribution in [-0.2, 0) is 0 Å². The van der Waals surface area contributed by atoms with Gasteiger partial charge >= 0.3 is 0 Å². The molecule has 3 rings (SSSR count). The van der Waals surface area contributed by atoms with Crippen molar-refractivity contribution in [2.45, 2.75) is 56.5 Å². The molecular formula is C14H23N3. The number of likely N-dealkylation sites (tertiary alicyclic amines) is 1. The molecule has 0 saturated carbocycles. The van der Waals surface area contributed by atoms with Gasteiger partial charge in [0, 0.05) is 12.6 Å². The molecule has 0 spiro atoms. The van der Waals surface area contributed by atoms with Crippen LogP contribution in [-0.4, -0.2) is 47.6 Å². The Bertz CT molecular complexity index is 316. The molecule has 0 aromatic rings. The van der Waals surface area contributed by atoms with Crippen molar-refractivity contribution in [1.29, 1.82) is 5.26 Å². The van der Waals surface area contributed by atoms with E-state index in [0.717, 1.165) is 32.5 Å². The molecule has 3 heterocycles. The highest BCUT2D eigenvalue weighted by Gasteiger charge is 2.45. The molecule has 3 nitrogen and oxygen atoms in total. The van der Waals surface area contributed by atoms with Gasteiger partial charge in [0.2, 0.25) is 0 Å². The maximum atomic E-state index is 9.70. The van der Waals surface area contributed by atoms with Crippen molar-refractivity contribution in [2.75, 3.05) is 26.2 Å². The molecule has 3 fully saturated rings. The average molecular weight is 233 g/mol. The summed E-state index contributed by atoms with van der Waals surface area (Å²) in [7, 11) is 0. The summed E-state index contributed by atoms with van der Waals surface area (Å²) < 4.78 is 0. The van der Waals surface area contributed by atoms with Crippen molar-refractivity contribution in [2.24, 2.45) is 0 Å². The van der Waals surface area contributed by atoms with Gasteiger partial charge in [-0.3, -0.25) is 4.90 Å². The van der Waals surface area contributed by atoms with Crippen molar-refractivity contribution in [3.8, 4) is 6.07 Å². The van der Waals surface area contributed by atoms with E-state index in [1.807, 2.05) is 0 Å². The van der Waals surface area contributed by atoms with Gasteiger partial charge in [0.05, 0.1) is 6.07 Å². The molecule has 94 valence electrons. The highest BCUT2D eigenvalue weighted by molar-refractivity contribution is 5.14. The van der Waals surface area contributed by atoms with Gasteiger partial charge in [0.25, 0.3) is 0 Å². The first kappa shape index (κ1) is 11.5. The molecule has 0 aromatic heterocycles. The zero-order chi connectivity index (χ0) is 11.7. The van der Waals surface area contributed by atoms with Crippen LogP contribution in [0.15, 0.2) is 0 Å². The lowest BCUT2D eigenvalue weighted by Gasteiger charge is -2.47. The van der Waals surface area contributed by atoms with Gasteiger partial charge in [0.1, 0.15) is 5.54 Å². The Labute approximate surface area is 104 Å². The standard InChI is InChI=1S/C14H23N3/c15-12-14(17-8-2-1-3-9-17)6-10-16-7-4-5-13(16)11-14/h13H,1-11H2. The summed E-state index contributed by atoms with van der Waals surface area (Å²) in [5.74, 6) is 0. The van der Waals surface area contributed by atoms with E-state index in [1.165, 1.54) is 38.6 Å². The molecule has 3 saturated heterocycles. The molecule has 3 aliphatic heterocycles. The Hall–Kier alpha value is -0.590. The van der Waals surface area contributed by atoms with Crippen LogP contribution in [0, 0.1) is 11.3 Å². The summed E-state index contributed by atoms with van der Waals surface area (Å²) in [6.07, 6.45) is 8.76. The average Bonchev–Trinajstić information content (AvgIpc) is 2.86. The monoisotopic (exact) mass is 233 g/mol. The van der Waals surface area contributed by atoms with Crippen molar-refractivity contribution in [3.05, 3.63) is 0 Å². The number of nitriles is 1. The van der Waals surface area contributed by atoms with Gasteiger partial charge in [-0.15, -0.1) is 0 Å². The summed E-state index contributed by atoms with van der Waals surface area (Å²) in [5.41, 5.74) is -0.119. The minimum atomic E-state index is -0.119. The molecule has 0 radical (unpaired) electrons. The quantitative estimate of drug-likeness (QED) is 0.694. The van der Waals surface area contributed by atoms with Gasteiger partial charge in [-0.25, -0.2) is 0 Å². The van der Waals surface area contributed by atoms with Crippen LogP contribution in [0.3, 0.4) is 0 Å². The third-order valence-corrected chi connectivity index (χ3v) is 5.05. The van der Waals surface area contributed by atoms with E-state index in [9.17, 15) is 5.26 Å². The maximum Gasteiger partial charge on any atom is 0.111 e. The van der Waals surface area contributed by atoms with Crippen LogP contribution in [0.2, 0.25) is 0 Å². The van der Waals surface area contributed by atoms with E-state index in [-0.39, 0.29) is 5.54 Å². The minimum Gasteiger partial charge on any atom is -0.300 e. The minimum absolute atomic E-state index is 0.119. The molecular weight excluding hydrogens is 210 g/mol. The lowest BCUT2D eigenvalue weighted by atomic mass is 9.82. The molecule has 3 heteroatoms. The molecule has 3 aliphatic rings. The first-order valence-electron chi connectivity index (χ1n) is 7.24. The number of nitrogens with zero attached hydrogens (tertiary/aromatic N) is 3. The van der Waals surface area contributed by atoms with E-state index >= 15 is 0 Å². The third kappa shape index (κ3) is 1.98. The highest BCUT2D eigenvalue weighted by atomic mass is 15.3. The first-order chi connectivity index (χ1) is 8.34. The number of hydrogen-bond acceptors (Lipinski definition) is 3. The Morgan fingerprint density at radius 3 is 2.59 bits per heavy atom. The second-order valence-corrected chi connectivity index (χ2v) is 5.98. The summed E-state index contributed by atoms with van der Waals surface area (Å²) in [5, 5.41) is 9.70. The molecule has 0 aromatic carbocycles. The summed E-state index contributed by atoms with van der Waals surface area (Å²) in [6, 6.07) is 3.40. The van der Waals surface area contributed by atoms with E-state index in [2.05, 4.69) is 15.9 Å². The predicted octanol–water partition coefficient (Wildman–Crippen LogP) is 1.99. The van der Waals surface area contributed by atoms with Crippen LogP contribution in [0.4, 0.5) is 0 Å². The maximum absolute atomic E-state index is 9.70. The summed E-state index contributed by atoms with van der Waals surface area (Å²) in [4.78, 5) is 5.12. The SMILES string of the molecule is N#CC1(N2CCCCC2)CCN2CCCC2C1. The fourth-order valence-electron chi connectivity index (χ4n) is 4.02. The van der Waals surface area contributed by atoms with Gasteiger partial charge in [-0.1, -0.05) is 6.42 Å². The third-order valence-electron chi connectivity index (χ3n) is 5.05. The fraction of sp³-hybridized carbons (Fsp3) is 0.929. The van der Waals surface area contributed by atoms with Gasteiger partial charge in [-0.05, 0) is 58.2 Å². The van der Waals surface area contributed by atoms with Gasteiger partial charge < -0.3 is 4.90 Å². The number of hydrogen-bond donors (Lipinski definition) is 0. The number of fused-ring (bicyclic) bond motifs is 1. The fourth-order valence-corrected chi connectivity index (χ4v) is 4.02. The molecule has 0 bridgehead atoms. The Balaban J connectivity index is 1.75. The first-order valence-corrected chi connectivity index (χ1v) is 7.24. The molecule has 2 atom stereocenters. The zero-order valence-electron chi connectivity index (χ0n) is 10.7. The van der Waals surface area contributed by atoms with Gasteiger partial charge in [0.15, 0.2) is 0 Å². The van der Waals surface area contributed by atoms with Crippen LogP contribution in [0.25, 0.3) is 0 Å². The van der Waals surface area contributed by atoms with Crippen LogP contribution in [0.5, 0.6) is 0 Å². The Kier molecular flexibility index (Phi) is 3.10. The van der Waals surface area contributed by atoms with Crippen LogP contribution >= 0.6 is 0 Å². The zero-order valence-corrected chi connectivity index (χ0v) is 10.7. The largest absolute Gasteiger partial charge is 0.300 e. The van der Waals surface area contributed by atoms with Crippen LogP contribution < -0.4 is 0 Å². The Morgan fingerprint density at radius 1 is 1.00 bits per heavy atom. The van der Waals surface area contributed by atoms with Crippen LogP contribution in [0.1, 0.15) is 44.9 Å². The molecule has 0 aliphatic carbocycles. The van der Waals surface area contributed by atoms with Crippen molar-refractivity contribution in [1.82, 2.24) is 9.80 Å². The second-order valence-electron chi connectivity index (χ2n) is 5.98. The van der Waals surface area contributed by atoms with Crippen molar-refractivity contribution >= 4 is 0 Å². The predicted molar refractivity (Wildman–Crippen MR) is 67.6 cm³/mol. The van der Waals surface area contributed by atoms with E-state index in [1.54, 1.807) is 0 Å². The Morgan fingerprint density at radius 2 is 1.82 bits per heavy atom. The van der Waals surface area contributed by atoms with E-state index < -0.39 is 0 Å². The lowest BCUT2D eigenvalue weighted by molar-refractivity contribution is 0.0305. The smallest absolute Gasteiger partial charge is 0.111 e. The van der Waals surface area contributed by atoms with E-state index in [0.29, 0.717) is 6.04 Å². The molecule has 17 heavy (non-hydrogen) atoms.